The molecule has 0 N–H and O–H groups in total. The predicted octanol–water partition coefficient (Wildman–Crippen LogP) is 6.47. The standard InChI is InChI=1S/C29H9F6N7/c30-28(31,32)13-1-3-15-17-5-12-6-21-22(9-20(12)40-26(17)23(38-10-36)18(15)7-13)41-25-16-4-2-14(29(33,34)35)8-19(16)24(39-11-37)27(25)42-21/h1-9H. The predicted molar refractivity (Wildman–Crippen MR) is 140 cm³/mol. The Labute approximate surface area is 228 Å². The van der Waals surface area contributed by atoms with E-state index in [-0.39, 0.29) is 38.0 Å². The molecule has 0 bridgehead atoms. The number of rotatable bonds is 0. The Morgan fingerprint density at radius 1 is 0.524 bits per heavy atom. The monoisotopic (exact) mass is 569 g/mol. The summed E-state index contributed by atoms with van der Waals surface area (Å²) in [6, 6.07) is 11.1. The lowest BCUT2D eigenvalue weighted by Gasteiger charge is -2.06. The lowest BCUT2D eigenvalue weighted by molar-refractivity contribution is -0.138. The van der Waals surface area contributed by atoms with Gasteiger partial charge in [0.15, 0.2) is 0 Å². The van der Waals surface area contributed by atoms with Gasteiger partial charge in [0.25, 0.3) is 0 Å². The molecule has 0 atom stereocenters. The Hall–Kier alpha value is -5.69. The molecule has 202 valence electrons. The summed E-state index contributed by atoms with van der Waals surface area (Å²) in [6.07, 6.45) is -5.97. The fraction of sp³-hybridized carbons (Fsp3) is 0.0690. The molecule has 7 nitrogen and oxygen atoms in total. The Bertz CT molecular complexity index is 2350. The SMILES string of the molecule is N#CN=c1c2cc(C(F)(F)F)ccc2c2cc3cc4nc5c(=NC#N)c6cc(C(F)(F)F)ccc6c5nc4cc3nc12. The van der Waals surface area contributed by atoms with Gasteiger partial charge in [0.2, 0.25) is 12.4 Å². The summed E-state index contributed by atoms with van der Waals surface area (Å²) >= 11 is 0. The number of aromatic nitrogens is 3. The summed E-state index contributed by atoms with van der Waals surface area (Å²) in [7, 11) is 0. The van der Waals surface area contributed by atoms with Crippen molar-refractivity contribution in [2.24, 2.45) is 9.98 Å². The molecule has 0 saturated heterocycles. The molecule has 5 aromatic carbocycles. The van der Waals surface area contributed by atoms with Crippen LogP contribution in [-0.4, -0.2) is 15.0 Å². The van der Waals surface area contributed by atoms with Crippen LogP contribution in [0.25, 0.3) is 65.4 Å². The molecule has 2 heterocycles. The minimum atomic E-state index is -4.61. The van der Waals surface area contributed by atoms with Crippen LogP contribution in [0.4, 0.5) is 26.3 Å². The minimum absolute atomic E-state index is 0.00221. The van der Waals surface area contributed by atoms with Crippen LogP contribution in [-0.2, 0) is 12.4 Å². The van der Waals surface area contributed by atoms with E-state index in [9.17, 15) is 36.9 Å². The Morgan fingerprint density at radius 3 is 1.67 bits per heavy atom. The van der Waals surface area contributed by atoms with Crippen molar-refractivity contribution in [1.29, 1.82) is 10.5 Å². The van der Waals surface area contributed by atoms with Crippen molar-refractivity contribution in [2.45, 2.75) is 12.4 Å². The lowest BCUT2D eigenvalue weighted by Crippen LogP contribution is -2.06. The highest BCUT2D eigenvalue weighted by Gasteiger charge is 2.32. The van der Waals surface area contributed by atoms with E-state index < -0.39 is 23.5 Å². The molecule has 7 aromatic rings. The van der Waals surface area contributed by atoms with Gasteiger partial charge in [-0.2, -0.15) is 46.9 Å². The van der Waals surface area contributed by atoms with Gasteiger partial charge in [-0.1, -0.05) is 12.1 Å². The first kappa shape index (κ1) is 25.3. The molecule has 0 amide bonds. The van der Waals surface area contributed by atoms with E-state index in [0.29, 0.717) is 38.1 Å². The Balaban J connectivity index is 1.56. The van der Waals surface area contributed by atoms with Crippen molar-refractivity contribution in [3.63, 3.8) is 0 Å². The van der Waals surface area contributed by atoms with Gasteiger partial charge in [0, 0.05) is 26.9 Å². The highest BCUT2D eigenvalue weighted by Crippen LogP contribution is 2.36. The number of halogens is 6. The van der Waals surface area contributed by atoms with Crippen molar-refractivity contribution in [3.05, 3.63) is 76.4 Å². The number of fused-ring (bicyclic) bond motifs is 8. The second-order valence-corrected chi connectivity index (χ2v) is 9.48. The third-order valence-electron chi connectivity index (χ3n) is 7.12. The van der Waals surface area contributed by atoms with Crippen molar-refractivity contribution in [2.75, 3.05) is 0 Å². The molecular formula is C29H9F6N7. The van der Waals surface area contributed by atoms with Crippen LogP contribution in [0.15, 0.2) is 64.6 Å². The van der Waals surface area contributed by atoms with Crippen molar-refractivity contribution in [1.82, 2.24) is 15.0 Å². The van der Waals surface area contributed by atoms with Crippen molar-refractivity contribution < 1.29 is 26.3 Å². The van der Waals surface area contributed by atoms with Crippen molar-refractivity contribution >= 4 is 65.4 Å². The van der Waals surface area contributed by atoms with Gasteiger partial charge >= 0.3 is 12.4 Å². The second kappa shape index (κ2) is 8.41. The van der Waals surface area contributed by atoms with Crippen LogP contribution >= 0.6 is 0 Å². The molecule has 2 aromatic heterocycles. The summed E-state index contributed by atoms with van der Waals surface area (Å²) in [4.78, 5) is 21.3. The zero-order valence-electron chi connectivity index (χ0n) is 20.6. The lowest BCUT2D eigenvalue weighted by atomic mass is 10.1. The largest absolute Gasteiger partial charge is 0.416 e. The topological polar surface area (TPSA) is 111 Å². The first-order valence-corrected chi connectivity index (χ1v) is 12.0. The van der Waals surface area contributed by atoms with E-state index in [4.69, 9.17) is 0 Å². The number of benzene rings is 3. The molecule has 0 aliphatic heterocycles. The summed E-state index contributed by atoms with van der Waals surface area (Å²) in [6.45, 7) is 0. The van der Waals surface area contributed by atoms with E-state index in [0.717, 1.165) is 24.3 Å². The number of nitriles is 2. The molecule has 0 aliphatic carbocycles. The van der Waals surface area contributed by atoms with Gasteiger partial charge in [0.1, 0.15) is 16.2 Å². The quantitative estimate of drug-likeness (QED) is 0.118. The summed E-state index contributed by atoms with van der Waals surface area (Å²) < 4.78 is 80.5. The van der Waals surface area contributed by atoms with Gasteiger partial charge < -0.3 is 0 Å². The maximum atomic E-state index is 13.4. The van der Waals surface area contributed by atoms with Gasteiger partial charge in [0.05, 0.1) is 38.7 Å². The molecule has 0 unspecified atom stereocenters. The van der Waals surface area contributed by atoms with E-state index in [1.807, 2.05) is 0 Å². The first-order chi connectivity index (χ1) is 20.0. The number of hydrogen-bond donors (Lipinski definition) is 0. The number of hydrogen-bond acceptors (Lipinski definition) is 7. The van der Waals surface area contributed by atoms with Gasteiger partial charge in [-0.05, 0) is 47.9 Å². The number of pyridine rings is 1. The van der Waals surface area contributed by atoms with Crippen LogP contribution in [0.3, 0.4) is 0 Å². The zero-order chi connectivity index (χ0) is 29.6. The molecule has 0 fully saturated rings. The molecule has 7 rings (SSSR count). The summed E-state index contributed by atoms with van der Waals surface area (Å²) in [5.41, 5.74) is -0.177. The minimum Gasteiger partial charge on any atom is -0.245 e. The summed E-state index contributed by atoms with van der Waals surface area (Å²) in [5.74, 6) is 0. The molecule has 0 saturated carbocycles. The van der Waals surface area contributed by atoms with Crippen LogP contribution in [0.1, 0.15) is 11.1 Å². The van der Waals surface area contributed by atoms with Crippen LogP contribution in [0.2, 0.25) is 0 Å². The van der Waals surface area contributed by atoms with Crippen LogP contribution in [0, 0.1) is 22.9 Å². The van der Waals surface area contributed by atoms with Crippen LogP contribution in [0.5, 0.6) is 0 Å². The third kappa shape index (κ3) is 3.64. The smallest absolute Gasteiger partial charge is 0.245 e. The van der Waals surface area contributed by atoms with Crippen LogP contribution < -0.4 is 10.7 Å². The molecule has 42 heavy (non-hydrogen) atoms. The van der Waals surface area contributed by atoms with E-state index >= 15 is 0 Å². The normalized spacial score (nSPS) is 13.7. The average molecular weight is 569 g/mol. The van der Waals surface area contributed by atoms with Gasteiger partial charge in [-0.15, -0.1) is 0 Å². The molecule has 0 spiro atoms. The maximum absolute atomic E-state index is 13.4. The van der Waals surface area contributed by atoms with Crippen molar-refractivity contribution in [3.8, 4) is 12.4 Å². The first-order valence-electron chi connectivity index (χ1n) is 12.0. The zero-order valence-corrected chi connectivity index (χ0v) is 20.6. The fourth-order valence-electron chi connectivity index (χ4n) is 5.32. The molecule has 0 aliphatic rings. The van der Waals surface area contributed by atoms with E-state index in [1.165, 1.54) is 12.1 Å². The van der Waals surface area contributed by atoms with Gasteiger partial charge in [-0.3, -0.25) is 0 Å². The summed E-state index contributed by atoms with van der Waals surface area (Å²) in [5, 5.41) is 20.4. The highest BCUT2D eigenvalue weighted by molar-refractivity contribution is 6.15. The number of nitrogens with zero attached hydrogens (tertiary/aromatic N) is 7. The molecule has 13 heteroatoms. The van der Waals surface area contributed by atoms with E-state index in [1.54, 1.807) is 30.6 Å². The maximum Gasteiger partial charge on any atom is 0.416 e. The third-order valence-corrected chi connectivity index (χ3v) is 7.12. The van der Waals surface area contributed by atoms with Gasteiger partial charge in [-0.25, -0.2) is 15.0 Å². The average Bonchev–Trinajstić information content (AvgIpc) is 3.40. The molecular weight excluding hydrogens is 560 g/mol. The van der Waals surface area contributed by atoms with E-state index in [2.05, 4.69) is 24.9 Å². The Kier molecular flexibility index (Phi) is 5.06. The molecule has 0 radical (unpaired) electrons. The second-order valence-electron chi connectivity index (χ2n) is 9.48. The fourth-order valence-corrected chi connectivity index (χ4v) is 5.32. The number of alkyl halides is 6. The highest BCUT2D eigenvalue weighted by atomic mass is 19.4. The Morgan fingerprint density at radius 2 is 1.05 bits per heavy atom.